The number of pyridine rings is 1. The van der Waals surface area contributed by atoms with E-state index in [2.05, 4.69) is 15.3 Å². The molecule has 0 amide bonds. The molecule has 0 N–H and O–H groups in total. The Labute approximate surface area is 354 Å². The Morgan fingerprint density at radius 3 is 2.44 bits per heavy atom. The van der Waals surface area contributed by atoms with Crippen LogP contribution in [0.5, 0.6) is 0 Å². The van der Waals surface area contributed by atoms with Gasteiger partial charge in [0.05, 0.1) is 45.6 Å². The van der Waals surface area contributed by atoms with E-state index in [4.69, 9.17) is 21.3 Å². The number of Topliss-reactive ketones (excluding diaryl/α,β-unsaturated/α-hetero) is 1. The van der Waals surface area contributed by atoms with Gasteiger partial charge in [-0.2, -0.15) is 37.2 Å². The van der Waals surface area contributed by atoms with Crippen molar-refractivity contribution in [2.24, 2.45) is 13.0 Å². The Morgan fingerprint density at radius 1 is 1.03 bits per heavy atom. The smallest absolute Gasteiger partial charge is 0.381 e. The zero-order chi connectivity index (χ0) is 44.0. The number of rotatable bonds is 12. The van der Waals surface area contributed by atoms with E-state index in [1.165, 1.54) is 4.68 Å². The van der Waals surface area contributed by atoms with Gasteiger partial charge in [-0.15, -0.1) is 0 Å². The number of alkyl halides is 5. The Bertz CT molecular complexity index is 2870. The molecule has 0 bridgehead atoms. The molecular weight excluding hydrogens is 867 g/mol. The third kappa shape index (κ3) is 7.80. The molecule has 62 heavy (non-hydrogen) atoms. The monoisotopic (exact) mass is 903 g/mol. The summed E-state index contributed by atoms with van der Waals surface area (Å²) in [4.78, 5) is 19.3. The second-order valence-corrected chi connectivity index (χ2v) is 18.9. The zero-order valence-corrected chi connectivity index (χ0v) is 34.6. The highest BCUT2D eigenvalue weighted by Crippen LogP contribution is 2.68. The van der Waals surface area contributed by atoms with Crippen LogP contribution in [0.2, 0.25) is 5.02 Å². The molecule has 4 aromatic heterocycles. The SMILES string of the molecule is Cn1nc(CS(C)(=O)=O)c2c(Cl)ccc(-c3ccc(-c4cnn(C5CCOCC5)c4)nc3[C@@H](CC(=O)Cn3nc(C(F)(F)F)c4c3C(F)(F)[C@@H]3C[C@H]43)Cc3cc(F)cc(F)c3)c21. The number of ketones is 1. The van der Waals surface area contributed by atoms with Gasteiger partial charge in [-0.25, -0.2) is 17.2 Å². The summed E-state index contributed by atoms with van der Waals surface area (Å²) in [6.45, 7) is 0.164. The lowest BCUT2D eigenvalue weighted by atomic mass is 9.86. The van der Waals surface area contributed by atoms with Crippen molar-refractivity contribution in [3.63, 3.8) is 0 Å². The summed E-state index contributed by atoms with van der Waals surface area (Å²) in [5.41, 5.74) is -0.331. The zero-order valence-electron chi connectivity index (χ0n) is 33.1. The van der Waals surface area contributed by atoms with Crippen molar-refractivity contribution in [3.8, 4) is 22.4 Å². The fourth-order valence-corrected chi connectivity index (χ4v) is 10.2. The molecule has 1 saturated carbocycles. The maximum absolute atomic E-state index is 15.5. The first-order valence-electron chi connectivity index (χ1n) is 19.7. The molecular formula is C42H37ClF7N7O4S. The first kappa shape index (κ1) is 42.2. The van der Waals surface area contributed by atoms with Gasteiger partial charge in [-0.3, -0.25) is 23.8 Å². The number of sulfone groups is 1. The van der Waals surface area contributed by atoms with Crippen molar-refractivity contribution < 1.29 is 48.7 Å². The predicted octanol–water partition coefficient (Wildman–Crippen LogP) is 8.74. The van der Waals surface area contributed by atoms with Crippen molar-refractivity contribution in [2.75, 3.05) is 19.5 Å². The minimum atomic E-state index is -5.05. The van der Waals surface area contributed by atoms with Crippen molar-refractivity contribution >= 4 is 38.1 Å². The lowest BCUT2D eigenvalue weighted by Gasteiger charge is -2.22. The number of hydrogen-bond acceptors (Lipinski definition) is 8. The van der Waals surface area contributed by atoms with E-state index in [9.17, 15) is 35.2 Å². The van der Waals surface area contributed by atoms with Crippen LogP contribution in [0.1, 0.15) is 77.5 Å². The van der Waals surface area contributed by atoms with Crippen LogP contribution in [-0.2, 0) is 57.2 Å². The van der Waals surface area contributed by atoms with Crippen molar-refractivity contribution in [1.82, 2.24) is 34.3 Å². The molecule has 3 aliphatic rings. The van der Waals surface area contributed by atoms with Gasteiger partial charge in [0.15, 0.2) is 21.3 Å². The van der Waals surface area contributed by atoms with Crippen LogP contribution in [0, 0.1) is 17.6 Å². The van der Waals surface area contributed by atoms with E-state index < -0.39 is 92.8 Å². The fourth-order valence-electron chi connectivity index (χ4n) is 9.20. The summed E-state index contributed by atoms with van der Waals surface area (Å²) in [5.74, 6) is -10.1. The van der Waals surface area contributed by atoms with E-state index >= 15 is 8.78 Å². The van der Waals surface area contributed by atoms with Gasteiger partial charge < -0.3 is 4.74 Å². The first-order valence-corrected chi connectivity index (χ1v) is 22.2. The standard InChI is InChI=1S/C42H37ClF7N7O4S/c1-55-38-29(3-5-32(43)36(38)34(53-55)20-62(2,59)60)28-4-6-33(23-17-51-56(18-23)26-7-9-61-10-8-26)52-37(28)22(11-21-12-24(44)15-25(45)13-21)14-27(58)19-57-40-35(39(54-57)42(48,49)50)30-16-31(30)41(40,46)47/h3-6,12-13,15,17-18,22,26,30-31H,7-11,14,16,19-20H2,1-2H3/t22-,30+,31-/m1/s1. The average Bonchev–Trinajstić information content (AvgIpc) is 3.41. The molecule has 0 spiro atoms. The molecule has 11 nitrogen and oxygen atoms in total. The number of carbonyl (C=O) groups excluding carboxylic acids is 1. The number of benzene rings is 2. The third-order valence-electron chi connectivity index (χ3n) is 11.9. The Hall–Kier alpha value is -5.14. The van der Waals surface area contributed by atoms with Crippen molar-refractivity contribution in [1.29, 1.82) is 0 Å². The quantitative estimate of drug-likeness (QED) is 0.112. The van der Waals surface area contributed by atoms with Crippen LogP contribution < -0.4 is 0 Å². The molecule has 1 aliphatic heterocycles. The molecule has 0 unspecified atom stereocenters. The largest absolute Gasteiger partial charge is 0.435 e. The van der Waals surface area contributed by atoms with Crippen molar-refractivity contribution in [2.45, 2.75) is 74.4 Å². The molecule has 1 saturated heterocycles. The molecule has 5 heterocycles. The maximum atomic E-state index is 15.5. The summed E-state index contributed by atoms with van der Waals surface area (Å²) >= 11 is 6.69. The summed E-state index contributed by atoms with van der Waals surface area (Å²) in [6, 6.07) is 9.49. The van der Waals surface area contributed by atoms with Crippen LogP contribution in [0.3, 0.4) is 0 Å². The van der Waals surface area contributed by atoms with Gasteiger partial charge in [0.2, 0.25) is 0 Å². The van der Waals surface area contributed by atoms with E-state index in [1.807, 2.05) is 10.9 Å². The van der Waals surface area contributed by atoms with E-state index in [0.29, 0.717) is 57.2 Å². The molecule has 0 radical (unpaired) electrons. The van der Waals surface area contributed by atoms with Gasteiger partial charge in [-0.05, 0) is 61.4 Å². The highest BCUT2D eigenvalue weighted by Gasteiger charge is 2.68. The molecule has 2 fully saturated rings. The number of halogens is 8. The van der Waals surface area contributed by atoms with Crippen molar-refractivity contribution in [3.05, 3.63) is 105 Å². The normalized spacial score (nSPS) is 19.2. The summed E-state index contributed by atoms with van der Waals surface area (Å²) in [6.07, 6.45) is -0.0302. The number of nitrogens with zero attached hydrogens (tertiary/aromatic N) is 7. The van der Waals surface area contributed by atoms with Crippen LogP contribution in [0.4, 0.5) is 30.7 Å². The van der Waals surface area contributed by atoms with Gasteiger partial charge in [0.25, 0.3) is 5.92 Å². The maximum Gasteiger partial charge on any atom is 0.435 e. The predicted molar refractivity (Wildman–Crippen MR) is 212 cm³/mol. The number of hydrogen-bond donors (Lipinski definition) is 0. The van der Waals surface area contributed by atoms with Gasteiger partial charge in [0.1, 0.15) is 23.9 Å². The minimum Gasteiger partial charge on any atom is -0.381 e. The molecule has 9 rings (SSSR count). The molecule has 326 valence electrons. The van der Waals surface area contributed by atoms with Gasteiger partial charge in [-0.1, -0.05) is 23.7 Å². The van der Waals surface area contributed by atoms with Gasteiger partial charge in [0, 0.05) is 84.7 Å². The van der Waals surface area contributed by atoms with Crippen LogP contribution >= 0.6 is 11.6 Å². The minimum absolute atomic E-state index is 0.0534. The topological polar surface area (TPSA) is 127 Å². The molecule has 6 aromatic rings. The van der Waals surface area contributed by atoms with E-state index in [1.54, 1.807) is 37.5 Å². The number of fused-ring (bicyclic) bond motifs is 4. The first-order chi connectivity index (χ1) is 29.3. The Balaban J connectivity index is 1.19. The molecule has 2 aliphatic carbocycles. The van der Waals surface area contributed by atoms with Crippen LogP contribution in [-0.4, -0.2) is 68.0 Å². The van der Waals surface area contributed by atoms with Crippen LogP contribution in [0.25, 0.3) is 33.3 Å². The number of carbonyl (C=O) groups is 1. The fraction of sp³-hybridized carbons (Fsp3) is 0.405. The van der Waals surface area contributed by atoms with E-state index in [-0.39, 0.29) is 40.9 Å². The van der Waals surface area contributed by atoms with Gasteiger partial charge >= 0.3 is 6.18 Å². The highest BCUT2D eigenvalue weighted by molar-refractivity contribution is 7.89. The number of ether oxygens (including phenoxy) is 1. The second-order valence-electron chi connectivity index (χ2n) is 16.4. The molecule has 2 aromatic carbocycles. The lowest BCUT2D eigenvalue weighted by molar-refractivity contribution is -0.142. The number of aryl methyl sites for hydroxylation is 1. The Morgan fingerprint density at radius 2 is 1.74 bits per heavy atom. The average molecular weight is 904 g/mol. The number of aromatic nitrogens is 7. The summed E-state index contributed by atoms with van der Waals surface area (Å²) in [5, 5.41) is 13.1. The molecule has 20 heteroatoms. The molecule has 3 atom stereocenters. The van der Waals surface area contributed by atoms with Crippen LogP contribution in [0.15, 0.2) is 54.9 Å². The van der Waals surface area contributed by atoms with E-state index in [0.717, 1.165) is 31.2 Å². The Kier molecular flexibility index (Phi) is 10.4. The lowest BCUT2D eigenvalue weighted by Crippen LogP contribution is -2.24. The highest BCUT2D eigenvalue weighted by atomic mass is 35.5. The summed E-state index contributed by atoms with van der Waals surface area (Å²) < 4.78 is 137. The third-order valence-corrected chi connectivity index (χ3v) is 13.0. The summed E-state index contributed by atoms with van der Waals surface area (Å²) in [7, 11) is -2.00. The second kappa shape index (κ2) is 15.3.